The highest BCUT2D eigenvalue weighted by Gasteiger charge is 2.73. The van der Waals surface area contributed by atoms with Crippen LogP contribution in [0.2, 0.25) is 0 Å². The molecule has 0 N–H and O–H groups in total. The average molecular weight is 417 g/mol. The first-order valence-corrected chi connectivity index (χ1v) is 7.87. The summed E-state index contributed by atoms with van der Waals surface area (Å²) in [4.78, 5) is 9.56. The quantitative estimate of drug-likeness (QED) is 0.694. The van der Waals surface area contributed by atoms with Crippen molar-refractivity contribution in [3.05, 3.63) is 47.5 Å². The molecule has 0 radical (unpaired) electrons. The molecular formula is C17H13F6N5O. The fourth-order valence-corrected chi connectivity index (χ4v) is 2.50. The highest BCUT2D eigenvalue weighted by molar-refractivity contribution is 5.45. The Morgan fingerprint density at radius 3 is 2.00 bits per heavy atom. The van der Waals surface area contributed by atoms with Crippen molar-refractivity contribution in [1.82, 2.24) is 14.9 Å². The molecule has 1 aromatic carbocycles. The molecule has 0 aliphatic rings. The molecule has 0 bridgehead atoms. The highest BCUT2D eigenvalue weighted by Crippen LogP contribution is 2.52. The second-order valence-corrected chi connectivity index (χ2v) is 6.58. The lowest BCUT2D eigenvalue weighted by atomic mass is 9.76. The number of hydrogen-bond acceptors (Lipinski definition) is 5. The van der Waals surface area contributed by atoms with E-state index < -0.39 is 35.4 Å². The van der Waals surface area contributed by atoms with Gasteiger partial charge in [0.25, 0.3) is 5.41 Å². The Balaban J connectivity index is 2.71. The third kappa shape index (κ3) is 3.97. The SMILES string of the molecule is CC(C)(C#N)c1cc(COn2cncn2)cc(C(C#N)(C(F)(F)F)C(F)(F)F)c1. The number of nitrogens with zero attached hydrogens (tertiary/aromatic N) is 5. The topological polar surface area (TPSA) is 87.5 Å². The zero-order valence-electron chi connectivity index (χ0n) is 15.0. The maximum Gasteiger partial charge on any atom is 0.420 e. The standard InChI is InChI=1S/C17H13F6N5O/c1-14(2,7-24)12-3-11(6-29-28-10-26-9-27-28)4-13(5-12)15(8-25,16(18,19)20)17(21,22)23/h3-5,9-10H,6H2,1-2H3. The maximum absolute atomic E-state index is 13.5. The lowest BCUT2D eigenvalue weighted by molar-refractivity contribution is -0.283. The van der Waals surface area contributed by atoms with Crippen molar-refractivity contribution in [2.45, 2.75) is 43.6 Å². The van der Waals surface area contributed by atoms with Crippen molar-refractivity contribution in [1.29, 1.82) is 10.5 Å². The number of nitriles is 2. The minimum atomic E-state index is -5.96. The van der Waals surface area contributed by atoms with Crippen LogP contribution in [0.3, 0.4) is 0 Å². The Morgan fingerprint density at radius 2 is 1.55 bits per heavy atom. The van der Waals surface area contributed by atoms with Crippen molar-refractivity contribution < 1.29 is 31.2 Å². The fourth-order valence-electron chi connectivity index (χ4n) is 2.50. The van der Waals surface area contributed by atoms with Crippen molar-refractivity contribution in [3.8, 4) is 12.1 Å². The summed E-state index contributed by atoms with van der Waals surface area (Å²) in [6, 6.07) is 4.61. The molecule has 0 atom stereocenters. The predicted molar refractivity (Wildman–Crippen MR) is 84.8 cm³/mol. The second-order valence-electron chi connectivity index (χ2n) is 6.58. The molecule has 12 heteroatoms. The smallest absolute Gasteiger partial charge is 0.391 e. The number of rotatable bonds is 5. The van der Waals surface area contributed by atoms with Crippen LogP contribution in [0.4, 0.5) is 26.3 Å². The van der Waals surface area contributed by atoms with E-state index in [1.54, 1.807) is 0 Å². The maximum atomic E-state index is 13.5. The van der Waals surface area contributed by atoms with E-state index in [1.165, 1.54) is 19.9 Å². The van der Waals surface area contributed by atoms with Gasteiger partial charge in [0.2, 0.25) is 0 Å². The molecule has 2 rings (SSSR count). The van der Waals surface area contributed by atoms with Crippen molar-refractivity contribution in [2.75, 3.05) is 0 Å². The van der Waals surface area contributed by atoms with Crippen LogP contribution in [0.15, 0.2) is 30.9 Å². The Hall–Kier alpha value is -3.28. The van der Waals surface area contributed by atoms with Gasteiger partial charge in [-0.2, -0.15) is 36.9 Å². The molecule has 1 heterocycles. The second kappa shape index (κ2) is 7.28. The van der Waals surface area contributed by atoms with Gasteiger partial charge in [-0.25, -0.2) is 4.98 Å². The first kappa shape index (κ1) is 22.0. The highest BCUT2D eigenvalue weighted by atomic mass is 19.4. The molecule has 0 amide bonds. The molecule has 0 spiro atoms. The van der Waals surface area contributed by atoms with E-state index in [-0.39, 0.29) is 11.1 Å². The van der Waals surface area contributed by atoms with Crippen LogP contribution in [0.25, 0.3) is 0 Å². The average Bonchev–Trinajstić information content (AvgIpc) is 3.12. The molecule has 0 aliphatic heterocycles. The summed E-state index contributed by atoms with van der Waals surface area (Å²) in [6.45, 7) is 2.16. The monoisotopic (exact) mass is 417 g/mol. The van der Waals surface area contributed by atoms with Gasteiger partial charge in [0, 0.05) is 0 Å². The largest absolute Gasteiger partial charge is 0.420 e. The van der Waals surface area contributed by atoms with Gasteiger partial charge >= 0.3 is 12.4 Å². The Labute approximate surface area is 160 Å². The number of benzene rings is 1. The molecule has 0 unspecified atom stereocenters. The van der Waals surface area contributed by atoms with Gasteiger partial charge in [-0.3, -0.25) is 0 Å². The Bertz CT molecular complexity index is 937. The summed E-state index contributed by atoms with van der Waals surface area (Å²) >= 11 is 0. The molecule has 0 fully saturated rings. The van der Waals surface area contributed by atoms with Crippen molar-refractivity contribution in [3.63, 3.8) is 0 Å². The number of halogens is 6. The third-order valence-electron chi connectivity index (χ3n) is 4.21. The molecule has 1 aromatic heterocycles. The normalized spacial score (nSPS) is 12.9. The fraction of sp³-hybridized carbons (Fsp3) is 0.412. The first-order valence-electron chi connectivity index (χ1n) is 7.87. The first-order chi connectivity index (χ1) is 13.3. The zero-order valence-corrected chi connectivity index (χ0v) is 15.0. The summed E-state index contributed by atoms with van der Waals surface area (Å²) in [6.07, 6.45) is -9.69. The third-order valence-corrected chi connectivity index (χ3v) is 4.21. The number of hydrogen-bond donors (Lipinski definition) is 0. The van der Waals surface area contributed by atoms with Gasteiger partial charge in [0.1, 0.15) is 12.9 Å². The van der Waals surface area contributed by atoms with Crippen LogP contribution in [-0.2, 0) is 17.4 Å². The number of alkyl halides is 6. The predicted octanol–water partition coefficient (Wildman–Crippen LogP) is 3.59. The van der Waals surface area contributed by atoms with E-state index in [2.05, 4.69) is 10.1 Å². The van der Waals surface area contributed by atoms with E-state index in [1.807, 2.05) is 6.07 Å². The summed E-state index contributed by atoms with van der Waals surface area (Å²) in [5.74, 6) is 0. The minimum Gasteiger partial charge on any atom is -0.391 e. The molecule has 0 saturated heterocycles. The van der Waals surface area contributed by atoms with Crippen LogP contribution < -0.4 is 4.84 Å². The molecule has 29 heavy (non-hydrogen) atoms. The van der Waals surface area contributed by atoms with Gasteiger partial charge < -0.3 is 4.84 Å². The summed E-state index contributed by atoms with van der Waals surface area (Å²) in [5, 5.41) is 21.9. The van der Waals surface area contributed by atoms with E-state index >= 15 is 0 Å². The van der Waals surface area contributed by atoms with Gasteiger partial charge in [0.15, 0.2) is 6.33 Å². The van der Waals surface area contributed by atoms with Crippen LogP contribution >= 0.6 is 0 Å². The van der Waals surface area contributed by atoms with E-state index in [0.717, 1.165) is 17.5 Å². The Kier molecular flexibility index (Phi) is 5.52. The molecule has 154 valence electrons. The molecule has 2 aromatic rings. The van der Waals surface area contributed by atoms with Gasteiger partial charge in [-0.1, -0.05) is 17.0 Å². The minimum absolute atomic E-state index is 0.121. The summed E-state index contributed by atoms with van der Waals surface area (Å²) in [7, 11) is 0. The number of aromatic nitrogens is 3. The van der Waals surface area contributed by atoms with Crippen molar-refractivity contribution in [2.24, 2.45) is 0 Å². The molecular weight excluding hydrogens is 404 g/mol. The van der Waals surface area contributed by atoms with Gasteiger partial charge in [-0.05, 0) is 36.6 Å². The lowest BCUT2D eigenvalue weighted by Crippen LogP contribution is -2.53. The van der Waals surface area contributed by atoms with Crippen LogP contribution in [0, 0.1) is 22.7 Å². The summed E-state index contributed by atoms with van der Waals surface area (Å²) < 4.78 is 81.3. The molecule has 0 saturated carbocycles. The molecule has 6 nitrogen and oxygen atoms in total. The van der Waals surface area contributed by atoms with E-state index in [9.17, 15) is 31.6 Å². The molecule has 0 aliphatic carbocycles. The van der Waals surface area contributed by atoms with E-state index in [0.29, 0.717) is 18.2 Å². The van der Waals surface area contributed by atoms with Gasteiger partial charge in [-0.15, -0.1) is 5.10 Å². The van der Waals surface area contributed by atoms with Crippen LogP contribution in [-0.4, -0.2) is 27.3 Å². The lowest BCUT2D eigenvalue weighted by Gasteiger charge is -2.32. The summed E-state index contributed by atoms with van der Waals surface area (Å²) in [5.41, 5.74) is -7.81. The zero-order chi connectivity index (χ0) is 22.1. The van der Waals surface area contributed by atoms with E-state index in [4.69, 9.17) is 10.1 Å². The van der Waals surface area contributed by atoms with Crippen LogP contribution in [0.5, 0.6) is 0 Å². The Morgan fingerprint density at radius 1 is 0.966 bits per heavy atom. The van der Waals surface area contributed by atoms with Crippen molar-refractivity contribution >= 4 is 0 Å². The van der Waals surface area contributed by atoms with Crippen LogP contribution in [0.1, 0.15) is 30.5 Å². The van der Waals surface area contributed by atoms with Gasteiger partial charge in [0.05, 0.1) is 17.6 Å².